The molecule has 0 saturated carbocycles. The van der Waals surface area contributed by atoms with Gasteiger partial charge in [0.25, 0.3) is 0 Å². The number of nitrogens with zero attached hydrogens (tertiary/aromatic N) is 3. The first kappa shape index (κ1) is 11.2. The van der Waals surface area contributed by atoms with Gasteiger partial charge in [-0.15, -0.1) is 11.3 Å². The van der Waals surface area contributed by atoms with Gasteiger partial charge in [-0.3, -0.25) is 0 Å². The number of likely N-dealkylation sites (N-methyl/N-ethyl adjacent to an activating group) is 1. The van der Waals surface area contributed by atoms with Crippen LogP contribution in [0.3, 0.4) is 0 Å². The molecule has 0 aliphatic rings. The Balaban J connectivity index is 2.12. The van der Waals surface area contributed by atoms with E-state index in [0.29, 0.717) is 0 Å². The van der Waals surface area contributed by atoms with E-state index < -0.39 is 0 Å². The third kappa shape index (κ3) is 2.62. The van der Waals surface area contributed by atoms with E-state index in [-0.39, 0.29) is 6.04 Å². The highest BCUT2D eigenvalue weighted by molar-refractivity contribution is 7.09. The zero-order valence-electron chi connectivity index (χ0n) is 9.34. The summed E-state index contributed by atoms with van der Waals surface area (Å²) in [5.74, 6) is 0. The van der Waals surface area contributed by atoms with E-state index in [1.807, 2.05) is 20.0 Å². The molecule has 2 heterocycles. The quantitative estimate of drug-likeness (QED) is 0.875. The highest BCUT2D eigenvalue weighted by Crippen LogP contribution is 2.18. The van der Waals surface area contributed by atoms with Crippen molar-refractivity contribution in [2.45, 2.75) is 19.4 Å². The Kier molecular flexibility index (Phi) is 3.58. The first-order chi connectivity index (χ1) is 7.79. The summed E-state index contributed by atoms with van der Waals surface area (Å²) < 4.78 is 0. The van der Waals surface area contributed by atoms with Gasteiger partial charge in [0.2, 0.25) is 0 Å². The second-order valence-corrected chi connectivity index (χ2v) is 4.50. The number of aryl methyl sites for hydroxylation is 1. The summed E-state index contributed by atoms with van der Waals surface area (Å²) in [7, 11) is 1.94. The summed E-state index contributed by atoms with van der Waals surface area (Å²) in [4.78, 5) is 12.6. The molecule has 1 unspecified atom stereocenters. The zero-order chi connectivity index (χ0) is 11.4. The Morgan fingerprint density at radius 2 is 2.38 bits per heavy atom. The van der Waals surface area contributed by atoms with Crippen LogP contribution in [-0.4, -0.2) is 22.0 Å². The van der Waals surface area contributed by atoms with Crippen LogP contribution in [0, 0.1) is 6.92 Å². The molecule has 0 spiro atoms. The Hall–Kier alpha value is -1.33. The molecule has 5 heteroatoms. The van der Waals surface area contributed by atoms with Gasteiger partial charge in [-0.05, 0) is 20.0 Å². The highest BCUT2D eigenvalue weighted by Gasteiger charge is 2.12. The first-order valence-electron chi connectivity index (χ1n) is 5.14. The van der Waals surface area contributed by atoms with Crippen LogP contribution in [0.5, 0.6) is 0 Å². The monoisotopic (exact) mass is 234 g/mol. The number of nitrogens with one attached hydrogen (secondary N) is 1. The summed E-state index contributed by atoms with van der Waals surface area (Å²) in [5.41, 5.74) is 2.09. The molecule has 0 amide bonds. The average Bonchev–Trinajstić information content (AvgIpc) is 2.73. The largest absolute Gasteiger partial charge is 0.311 e. The minimum atomic E-state index is 0.202. The third-order valence-electron chi connectivity index (χ3n) is 2.36. The summed E-state index contributed by atoms with van der Waals surface area (Å²) in [6, 6.07) is 2.13. The molecule has 84 valence electrons. The molecule has 2 rings (SSSR count). The summed E-state index contributed by atoms with van der Waals surface area (Å²) in [6.07, 6.45) is 4.21. The maximum atomic E-state index is 4.46. The molecule has 0 radical (unpaired) electrons. The number of hydrogen-bond acceptors (Lipinski definition) is 5. The van der Waals surface area contributed by atoms with E-state index in [1.165, 1.54) is 0 Å². The Morgan fingerprint density at radius 1 is 1.50 bits per heavy atom. The molecule has 1 N–H and O–H groups in total. The summed E-state index contributed by atoms with van der Waals surface area (Å²) in [6.45, 7) is 2.01. The summed E-state index contributed by atoms with van der Waals surface area (Å²) in [5, 5.41) is 6.46. The van der Waals surface area contributed by atoms with E-state index in [9.17, 15) is 0 Å². The lowest BCUT2D eigenvalue weighted by atomic mass is 10.1. The van der Waals surface area contributed by atoms with Gasteiger partial charge in [-0.25, -0.2) is 15.0 Å². The fraction of sp³-hybridized carbons (Fsp3) is 0.364. The van der Waals surface area contributed by atoms with Crippen LogP contribution in [0.25, 0.3) is 0 Å². The number of thiazole rings is 1. The maximum absolute atomic E-state index is 4.46. The lowest BCUT2D eigenvalue weighted by Gasteiger charge is -2.13. The highest BCUT2D eigenvalue weighted by atomic mass is 32.1. The van der Waals surface area contributed by atoms with Crippen molar-refractivity contribution in [3.63, 3.8) is 0 Å². The first-order valence-corrected chi connectivity index (χ1v) is 6.01. The van der Waals surface area contributed by atoms with Gasteiger partial charge in [0, 0.05) is 23.7 Å². The van der Waals surface area contributed by atoms with Gasteiger partial charge in [-0.2, -0.15) is 0 Å². The molecule has 2 aromatic heterocycles. The van der Waals surface area contributed by atoms with Crippen molar-refractivity contribution in [3.8, 4) is 0 Å². The number of rotatable bonds is 4. The van der Waals surface area contributed by atoms with Crippen LogP contribution in [0.1, 0.15) is 22.4 Å². The summed E-state index contributed by atoms with van der Waals surface area (Å²) >= 11 is 1.69. The molecule has 2 aromatic rings. The van der Waals surface area contributed by atoms with Crippen LogP contribution in [0.2, 0.25) is 0 Å². The molecule has 0 saturated heterocycles. The van der Waals surface area contributed by atoms with Crippen molar-refractivity contribution >= 4 is 11.3 Å². The van der Waals surface area contributed by atoms with E-state index >= 15 is 0 Å². The van der Waals surface area contributed by atoms with Gasteiger partial charge in [0.05, 0.1) is 16.7 Å². The van der Waals surface area contributed by atoms with Crippen molar-refractivity contribution in [2.75, 3.05) is 7.05 Å². The van der Waals surface area contributed by atoms with Crippen molar-refractivity contribution in [1.82, 2.24) is 20.3 Å². The van der Waals surface area contributed by atoms with Crippen LogP contribution in [0.15, 0.2) is 24.0 Å². The van der Waals surface area contributed by atoms with E-state index in [4.69, 9.17) is 0 Å². The standard InChI is InChI=1S/C11H14N4S/c1-8-6-16-11(15-8)5-10(12-2)9-3-4-13-7-14-9/h3-4,6-7,10,12H,5H2,1-2H3. The minimum absolute atomic E-state index is 0.202. The minimum Gasteiger partial charge on any atom is -0.311 e. The molecule has 0 fully saturated rings. The molecule has 0 aromatic carbocycles. The van der Waals surface area contributed by atoms with Crippen molar-refractivity contribution in [1.29, 1.82) is 0 Å². The Morgan fingerprint density at radius 3 is 2.94 bits per heavy atom. The molecule has 0 aliphatic heterocycles. The molecule has 4 nitrogen and oxygen atoms in total. The number of hydrogen-bond donors (Lipinski definition) is 1. The fourth-order valence-electron chi connectivity index (χ4n) is 1.53. The molecule has 0 aliphatic carbocycles. The van der Waals surface area contributed by atoms with Crippen molar-refractivity contribution in [3.05, 3.63) is 40.4 Å². The molecule has 0 bridgehead atoms. The van der Waals surface area contributed by atoms with Crippen LogP contribution in [-0.2, 0) is 6.42 Å². The molecule has 16 heavy (non-hydrogen) atoms. The lowest BCUT2D eigenvalue weighted by Crippen LogP contribution is -2.20. The average molecular weight is 234 g/mol. The van der Waals surface area contributed by atoms with Crippen LogP contribution < -0.4 is 5.32 Å². The predicted octanol–water partition coefficient (Wildman–Crippen LogP) is 1.74. The number of aromatic nitrogens is 3. The van der Waals surface area contributed by atoms with E-state index in [2.05, 4.69) is 25.6 Å². The van der Waals surface area contributed by atoms with E-state index in [0.717, 1.165) is 22.8 Å². The van der Waals surface area contributed by atoms with Gasteiger partial charge >= 0.3 is 0 Å². The molecular formula is C11H14N4S. The predicted molar refractivity (Wildman–Crippen MR) is 64.4 cm³/mol. The third-order valence-corrected chi connectivity index (χ3v) is 3.34. The molecule has 1 atom stereocenters. The van der Waals surface area contributed by atoms with Gasteiger partial charge in [-0.1, -0.05) is 0 Å². The van der Waals surface area contributed by atoms with Gasteiger partial charge < -0.3 is 5.32 Å². The van der Waals surface area contributed by atoms with Crippen LogP contribution in [0.4, 0.5) is 0 Å². The lowest BCUT2D eigenvalue weighted by molar-refractivity contribution is 0.572. The van der Waals surface area contributed by atoms with Crippen molar-refractivity contribution in [2.24, 2.45) is 0 Å². The fourth-order valence-corrected chi connectivity index (χ4v) is 2.35. The zero-order valence-corrected chi connectivity index (χ0v) is 10.2. The van der Waals surface area contributed by atoms with Gasteiger partial charge in [0.15, 0.2) is 0 Å². The second kappa shape index (κ2) is 5.14. The van der Waals surface area contributed by atoms with Crippen LogP contribution >= 0.6 is 11.3 Å². The Labute approximate surface area is 98.8 Å². The maximum Gasteiger partial charge on any atom is 0.115 e. The SMILES string of the molecule is CNC(Cc1nc(C)cs1)c1ccncn1. The topological polar surface area (TPSA) is 50.7 Å². The van der Waals surface area contributed by atoms with E-state index in [1.54, 1.807) is 23.9 Å². The molecular weight excluding hydrogens is 220 g/mol. The normalized spacial score (nSPS) is 12.6. The Bertz CT molecular complexity index is 440. The second-order valence-electron chi connectivity index (χ2n) is 3.56. The van der Waals surface area contributed by atoms with Gasteiger partial charge in [0.1, 0.15) is 6.33 Å². The van der Waals surface area contributed by atoms with Crippen molar-refractivity contribution < 1.29 is 0 Å². The smallest absolute Gasteiger partial charge is 0.115 e.